The average molecular weight is 402 g/mol. The van der Waals surface area contributed by atoms with Crippen molar-refractivity contribution in [3.63, 3.8) is 0 Å². The van der Waals surface area contributed by atoms with Gasteiger partial charge in [-0.1, -0.05) is 13.8 Å². The highest BCUT2D eigenvalue weighted by Crippen LogP contribution is 2.06. The number of rotatable bonds is 13. The monoisotopic (exact) mass is 402 g/mol. The number of hydrogen-bond acceptors (Lipinski definition) is 6. The number of carboxylic acid groups (broad SMARTS) is 2. The quantitative estimate of drug-likeness (QED) is 0.102. The Labute approximate surface area is 162 Å². The minimum absolute atomic E-state index is 0.104. The van der Waals surface area contributed by atoms with Gasteiger partial charge in [0.2, 0.25) is 11.8 Å². The number of guanidine groups is 1. The van der Waals surface area contributed by atoms with Crippen molar-refractivity contribution in [3.05, 3.63) is 0 Å². The van der Waals surface area contributed by atoms with Crippen LogP contribution in [0.3, 0.4) is 0 Å². The fraction of sp³-hybridized carbons (Fsp3) is 0.688. The topological polar surface area (TPSA) is 223 Å². The fourth-order valence-corrected chi connectivity index (χ4v) is 2.23. The summed E-state index contributed by atoms with van der Waals surface area (Å²) in [5.74, 6) is -4.20. The smallest absolute Gasteiger partial charge is 0.326 e. The Morgan fingerprint density at radius 2 is 1.61 bits per heavy atom. The molecule has 0 aliphatic heterocycles. The molecule has 12 nitrogen and oxygen atoms in total. The maximum atomic E-state index is 12.5. The molecule has 0 aromatic carbocycles. The molecule has 3 atom stereocenters. The van der Waals surface area contributed by atoms with E-state index in [1.54, 1.807) is 13.8 Å². The molecule has 0 bridgehead atoms. The number of carboxylic acids is 2. The second-order valence-electron chi connectivity index (χ2n) is 6.62. The van der Waals surface area contributed by atoms with Crippen molar-refractivity contribution in [2.45, 2.75) is 57.7 Å². The molecule has 0 saturated heterocycles. The highest BCUT2D eigenvalue weighted by molar-refractivity contribution is 5.91. The molecule has 0 rings (SSSR count). The van der Waals surface area contributed by atoms with Gasteiger partial charge in [-0.2, -0.15) is 0 Å². The molecule has 12 heteroatoms. The lowest BCUT2D eigenvalue weighted by Crippen LogP contribution is -2.55. The predicted molar refractivity (Wildman–Crippen MR) is 101 cm³/mol. The normalized spacial score (nSPS) is 13.9. The first kappa shape index (κ1) is 25.1. The Kier molecular flexibility index (Phi) is 11.2. The second-order valence-corrected chi connectivity index (χ2v) is 6.62. The number of amides is 2. The molecule has 0 saturated carbocycles. The van der Waals surface area contributed by atoms with E-state index in [-0.39, 0.29) is 37.7 Å². The first-order chi connectivity index (χ1) is 13.0. The maximum Gasteiger partial charge on any atom is 0.326 e. The number of aliphatic carboxylic acids is 2. The number of nitrogens with one attached hydrogen (secondary N) is 2. The number of nitrogens with zero attached hydrogens (tertiary/aromatic N) is 1. The van der Waals surface area contributed by atoms with Gasteiger partial charge in [0.15, 0.2) is 5.96 Å². The lowest BCUT2D eigenvalue weighted by atomic mass is 10.0. The molecule has 0 unspecified atom stereocenters. The van der Waals surface area contributed by atoms with Crippen LogP contribution >= 0.6 is 0 Å². The van der Waals surface area contributed by atoms with Crippen LogP contribution in [0.1, 0.15) is 39.5 Å². The van der Waals surface area contributed by atoms with Gasteiger partial charge in [-0.05, 0) is 25.2 Å². The van der Waals surface area contributed by atoms with Crippen LogP contribution in [0.2, 0.25) is 0 Å². The molecule has 10 N–H and O–H groups in total. The summed E-state index contributed by atoms with van der Waals surface area (Å²) in [6.45, 7) is 3.47. The Morgan fingerprint density at radius 1 is 1.00 bits per heavy atom. The average Bonchev–Trinajstić information content (AvgIpc) is 2.58. The number of carbonyl (C=O) groups excluding carboxylic acids is 2. The highest BCUT2D eigenvalue weighted by Gasteiger charge is 2.29. The maximum absolute atomic E-state index is 12.5. The molecule has 28 heavy (non-hydrogen) atoms. The first-order valence-corrected chi connectivity index (χ1v) is 8.82. The molecule has 0 aromatic heterocycles. The van der Waals surface area contributed by atoms with E-state index >= 15 is 0 Å². The predicted octanol–water partition coefficient (Wildman–Crippen LogP) is -2.06. The largest absolute Gasteiger partial charge is 0.481 e. The van der Waals surface area contributed by atoms with E-state index in [1.165, 1.54) is 0 Å². The summed E-state index contributed by atoms with van der Waals surface area (Å²) in [6, 6.07) is -3.33. The first-order valence-electron chi connectivity index (χ1n) is 8.82. The number of carbonyl (C=O) groups is 4. The van der Waals surface area contributed by atoms with E-state index in [4.69, 9.17) is 22.3 Å². The summed E-state index contributed by atoms with van der Waals surface area (Å²) in [4.78, 5) is 50.3. The van der Waals surface area contributed by atoms with Gasteiger partial charge in [-0.3, -0.25) is 19.4 Å². The molecule has 0 aromatic rings. The second kappa shape index (κ2) is 12.5. The van der Waals surface area contributed by atoms with Gasteiger partial charge in [0.25, 0.3) is 0 Å². The van der Waals surface area contributed by atoms with Crippen molar-refractivity contribution in [2.75, 3.05) is 6.54 Å². The van der Waals surface area contributed by atoms with Crippen LogP contribution in [0.5, 0.6) is 0 Å². The molecule has 0 radical (unpaired) electrons. The molecule has 0 spiro atoms. The molecule has 0 heterocycles. The number of hydrogen-bond donors (Lipinski definition) is 7. The molecule has 2 amide bonds. The van der Waals surface area contributed by atoms with Crippen molar-refractivity contribution >= 4 is 29.7 Å². The summed E-state index contributed by atoms with van der Waals surface area (Å²) >= 11 is 0. The van der Waals surface area contributed by atoms with Gasteiger partial charge in [0.1, 0.15) is 12.1 Å². The summed E-state index contributed by atoms with van der Waals surface area (Å²) in [7, 11) is 0. The lowest BCUT2D eigenvalue weighted by Gasteiger charge is -2.24. The Hall–Kier alpha value is -2.89. The molecule has 0 fully saturated rings. The van der Waals surface area contributed by atoms with Gasteiger partial charge in [-0.25, -0.2) is 4.79 Å². The van der Waals surface area contributed by atoms with Crippen LogP contribution < -0.4 is 27.8 Å². The molecule has 160 valence electrons. The third kappa shape index (κ3) is 10.3. The zero-order valence-electron chi connectivity index (χ0n) is 16.1. The summed E-state index contributed by atoms with van der Waals surface area (Å²) in [6.07, 6.45) is 0.0577. The third-order valence-corrected chi connectivity index (χ3v) is 3.81. The molecule has 0 aliphatic rings. The standard InChI is InChI=1S/C16H30N6O6/c1-8(2)12(15(27)28)22-14(26)10(4-3-7-20-16(18)19)21-13(25)9(17)5-6-11(23)24/h8-10,12H,3-7,17H2,1-2H3,(H,21,25)(H,22,26)(H,23,24)(H,27,28)(H4,18,19,20)/t9-,10-,12-/m0/s1. The molecular weight excluding hydrogens is 372 g/mol. The van der Waals surface area contributed by atoms with Crippen molar-refractivity contribution in [3.8, 4) is 0 Å². The fourth-order valence-electron chi connectivity index (χ4n) is 2.23. The van der Waals surface area contributed by atoms with Crippen molar-refractivity contribution in [1.82, 2.24) is 10.6 Å². The van der Waals surface area contributed by atoms with E-state index in [0.717, 1.165) is 0 Å². The van der Waals surface area contributed by atoms with Crippen molar-refractivity contribution in [2.24, 2.45) is 28.1 Å². The highest BCUT2D eigenvalue weighted by atomic mass is 16.4. The summed E-state index contributed by atoms with van der Waals surface area (Å²) in [5.41, 5.74) is 16.1. The van der Waals surface area contributed by atoms with Gasteiger partial charge < -0.3 is 38.0 Å². The number of aliphatic imine (C=N–C) groups is 1. The van der Waals surface area contributed by atoms with Crippen molar-refractivity contribution < 1.29 is 29.4 Å². The van der Waals surface area contributed by atoms with E-state index in [1.807, 2.05) is 0 Å². The van der Waals surface area contributed by atoms with E-state index in [2.05, 4.69) is 15.6 Å². The minimum atomic E-state index is -1.20. The van der Waals surface area contributed by atoms with E-state index < -0.39 is 41.9 Å². The third-order valence-electron chi connectivity index (χ3n) is 3.81. The van der Waals surface area contributed by atoms with Crippen LogP contribution in [0.15, 0.2) is 4.99 Å². The van der Waals surface area contributed by atoms with Crippen LogP contribution in [0.4, 0.5) is 0 Å². The SMILES string of the molecule is CC(C)[C@H](NC(=O)[C@H](CCCN=C(N)N)NC(=O)[C@@H](N)CCC(=O)O)C(=O)O. The Morgan fingerprint density at radius 3 is 2.07 bits per heavy atom. The van der Waals surface area contributed by atoms with E-state index in [9.17, 15) is 24.3 Å². The number of nitrogens with two attached hydrogens (primary N) is 3. The summed E-state index contributed by atoms with van der Waals surface area (Å²) < 4.78 is 0. The van der Waals surface area contributed by atoms with Crippen LogP contribution in [-0.4, -0.2) is 64.6 Å². The van der Waals surface area contributed by atoms with Gasteiger partial charge in [0.05, 0.1) is 6.04 Å². The van der Waals surface area contributed by atoms with Gasteiger partial charge >= 0.3 is 11.9 Å². The van der Waals surface area contributed by atoms with Crippen LogP contribution in [0, 0.1) is 5.92 Å². The Bertz CT molecular complexity index is 590. The zero-order valence-corrected chi connectivity index (χ0v) is 16.1. The van der Waals surface area contributed by atoms with Gasteiger partial charge in [0, 0.05) is 13.0 Å². The van der Waals surface area contributed by atoms with Gasteiger partial charge in [-0.15, -0.1) is 0 Å². The van der Waals surface area contributed by atoms with Crippen LogP contribution in [-0.2, 0) is 19.2 Å². The zero-order chi connectivity index (χ0) is 21.9. The van der Waals surface area contributed by atoms with Crippen LogP contribution in [0.25, 0.3) is 0 Å². The van der Waals surface area contributed by atoms with Crippen molar-refractivity contribution in [1.29, 1.82) is 0 Å². The minimum Gasteiger partial charge on any atom is -0.481 e. The summed E-state index contributed by atoms with van der Waals surface area (Å²) in [5, 5.41) is 22.7. The molecular formula is C16H30N6O6. The van der Waals surface area contributed by atoms with E-state index in [0.29, 0.717) is 6.42 Å². The Balaban J connectivity index is 5.09. The molecule has 0 aliphatic carbocycles. The lowest BCUT2D eigenvalue weighted by molar-refractivity contribution is -0.143.